The zero-order valence-corrected chi connectivity index (χ0v) is 21.1. The molecule has 0 saturated carbocycles. The fourth-order valence-electron chi connectivity index (χ4n) is 3.83. The summed E-state index contributed by atoms with van der Waals surface area (Å²) in [5.74, 6) is -1.37. The second kappa shape index (κ2) is 24.0. The Kier molecular flexibility index (Phi) is 22.5. The van der Waals surface area contributed by atoms with Crippen LogP contribution in [0, 0.1) is 0 Å². The molecule has 0 aromatic rings. The Bertz CT molecular complexity index is 505. The van der Waals surface area contributed by atoms with Gasteiger partial charge in [0.2, 0.25) is 11.8 Å². The summed E-state index contributed by atoms with van der Waals surface area (Å²) in [5, 5.41) is 22.9. The summed E-state index contributed by atoms with van der Waals surface area (Å²) in [6.45, 7) is 0.922. The first kappa shape index (κ1) is 31.9. The van der Waals surface area contributed by atoms with Gasteiger partial charge in [0.05, 0.1) is 0 Å². The molecule has 4 N–H and O–H groups in total. The third-order valence-electron chi connectivity index (χ3n) is 5.86. The van der Waals surface area contributed by atoms with E-state index in [4.69, 9.17) is 10.2 Å². The quantitative estimate of drug-likeness (QED) is 0.132. The fraction of sp³-hybridized carbons (Fsp3) is 0.846. The monoisotopic (exact) mass is 484 g/mol. The topological polar surface area (TPSA) is 133 Å². The molecule has 0 radical (unpaired) electrons. The van der Waals surface area contributed by atoms with Crippen molar-refractivity contribution in [2.45, 2.75) is 128 Å². The molecule has 198 valence electrons. The van der Waals surface area contributed by atoms with Gasteiger partial charge in [0.1, 0.15) is 0 Å². The zero-order chi connectivity index (χ0) is 25.3. The van der Waals surface area contributed by atoms with E-state index in [1.807, 2.05) is 0 Å². The van der Waals surface area contributed by atoms with Crippen molar-refractivity contribution in [1.29, 1.82) is 0 Å². The van der Waals surface area contributed by atoms with Crippen molar-refractivity contribution in [3.8, 4) is 0 Å². The molecular formula is C26H48N2O6. The first-order valence-corrected chi connectivity index (χ1v) is 13.4. The van der Waals surface area contributed by atoms with Crippen LogP contribution in [0.15, 0.2) is 0 Å². The predicted molar refractivity (Wildman–Crippen MR) is 134 cm³/mol. The van der Waals surface area contributed by atoms with Crippen molar-refractivity contribution < 1.29 is 29.4 Å². The molecule has 0 saturated heterocycles. The number of rotatable bonds is 25. The molecule has 0 bridgehead atoms. The smallest absolute Gasteiger partial charge is 0.303 e. The van der Waals surface area contributed by atoms with E-state index in [1.54, 1.807) is 0 Å². The van der Waals surface area contributed by atoms with Crippen molar-refractivity contribution >= 4 is 23.8 Å². The Balaban J connectivity index is 3.32. The number of nitrogens with one attached hydrogen (secondary N) is 2. The minimum Gasteiger partial charge on any atom is -0.481 e. The van der Waals surface area contributed by atoms with Crippen molar-refractivity contribution in [1.82, 2.24) is 10.6 Å². The number of hydrogen-bond donors (Lipinski definition) is 4. The van der Waals surface area contributed by atoms with Crippen LogP contribution in [0.3, 0.4) is 0 Å². The van der Waals surface area contributed by atoms with E-state index in [0.717, 1.165) is 103 Å². The Labute approximate surface area is 205 Å². The van der Waals surface area contributed by atoms with Gasteiger partial charge in [0, 0.05) is 38.8 Å². The van der Waals surface area contributed by atoms with Gasteiger partial charge >= 0.3 is 11.9 Å². The summed E-state index contributed by atoms with van der Waals surface area (Å²) in [5.41, 5.74) is 0. The Morgan fingerprint density at radius 1 is 0.382 bits per heavy atom. The number of amides is 2. The van der Waals surface area contributed by atoms with Gasteiger partial charge in [-0.3, -0.25) is 19.2 Å². The van der Waals surface area contributed by atoms with Crippen LogP contribution in [-0.2, 0) is 19.2 Å². The van der Waals surface area contributed by atoms with E-state index < -0.39 is 11.9 Å². The number of carbonyl (C=O) groups is 4. The van der Waals surface area contributed by atoms with Crippen molar-refractivity contribution in [3.63, 3.8) is 0 Å². The first-order chi connectivity index (χ1) is 16.4. The molecule has 8 nitrogen and oxygen atoms in total. The number of carboxylic acid groups (broad SMARTS) is 2. The van der Waals surface area contributed by atoms with Gasteiger partial charge < -0.3 is 20.8 Å². The van der Waals surface area contributed by atoms with Crippen LogP contribution < -0.4 is 10.6 Å². The van der Waals surface area contributed by atoms with Crippen molar-refractivity contribution in [2.24, 2.45) is 0 Å². The van der Waals surface area contributed by atoms with Crippen LogP contribution in [0.5, 0.6) is 0 Å². The Hall–Kier alpha value is -2.12. The number of hydrogen-bond acceptors (Lipinski definition) is 4. The lowest BCUT2D eigenvalue weighted by molar-refractivity contribution is -0.138. The maximum atomic E-state index is 11.8. The molecule has 0 aliphatic rings. The second-order valence-corrected chi connectivity index (χ2v) is 9.14. The van der Waals surface area contributed by atoms with Gasteiger partial charge in [-0.25, -0.2) is 0 Å². The zero-order valence-electron chi connectivity index (χ0n) is 21.1. The number of carbonyl (C=O) groups excluding carboxylic acids is 2. The van der Waals surface area contributed by atoms with E-state index in [9.17, 15) is 19.2 Å². The highest BCUT2D eigenvalue weighted by Crippen LogP contribution is 2.11. The largest absolute Gasteiger partial charge is 0.481 e. The summed E-state index contributed by atoms with van der Waals surface area (Å²) in [6.07, 6.45) is 17.7. The van der Waals surface area contributed by atoms with Crippen LogP contribution in [0.25, 0.3) is 0 Å². The van der Waals surface area contributed by atoms with E-state index in [0.29, 0.717) is 25.9 Å². The molecule has 0 aromatic heterocycles. The predicted octanol–water partition coefficient (Wildman–Crippen LogP) is 5.19. The second-order valence-electron chi connectivity index (χ2n) is 9.14. The van der Waals surface area contributed by atoms with Gasteiger partial charge in [-0.1, -0.05) is 77.0 Å². The highest BCUT2D eigenvalue weighted by atomic mass is 16.4. The van der Waals surface area contributed by atoms with Crippen LogP contribution in [0.1, 0.15) is 128 Å². The van der Waals surface area contributed by atoms with E-state index >= 15 is 0 Å². The maximum Gasteiger partial charge on any atom is 0.303 e. The van der Waals surface area contributed by atoms with E-state index in [1.165, 1.54) is 0 Å². The molecule has 0 atom stereocenters. The number of unbranched alkanes of at least 4 members (excludes halogenated alkanes) is 14. The first-order valence-electron chi connectivity index (χ1n) is 13.4. The molecular weight excluding hydrogens is 436 g/mol. The van der Waals surface area contributed by atoms with Gasteiger partial charge in [0.15, 0.2) is 0 Å². The van der Waals surface area contributed by atoms with E-state index in [-0.39, 0.29) is 24.7 Å². The standard InChI is InChI=1S/C26H48N2O6/c29-23(17-13-9-5-1-3-7-11-15-19-25(31)32)27-21-22-28-24(30)18-14-10-6-2-4-8-12-16-20-26(33)34/h1-22H2,(H,27,29)(H,28,30)(H,31,32)(H,33,34). The lowest BCUT2D eigenvalue weighted by Crippen LogP contribution is -2.34. The third-order valence-corrected chi connectivity index (χ3v) is 5.86. The molecule has 0 aliphatic heterocycles. The van der Waals surface area contributed by atoms with Crippen LogP contribution >= 0.6 is 0 Å². The summed E-state index contributed by atoms with van der Waals surface area (Å²) in [7, 11) is 0. The molecule has 0 unspecified atom stereocenters. The molecule has 0 aliphatic carbocycles. The molecule has 34 heavy (non-hydrogen) atoms. The molecule has 0 fully saturated rings. The fourth-order valence-corrected chi connectivity index (χ4v) is 3.83. The van der Waals surface area contributed by atoms with Gasteiger partial charge in [0.25, 0.3) is 0 Å². The molecule has 8 heteroatoms. The minimum absolute atomic E-state index is 0.0332. The van der Waals surface area contributed by atoms with E-state index in [2.05, 4.69) is 10.6 Å². The average molecular weight is 485 g/mol. The number of aliphatic carboxylic acids is 2. The highest BCUT2D eigenvalue weighted by molar-refractivity contribution is 5.77. The normalized spacial score (nSPS) is 10.7. The van der Waals surface area contributed by atoms with Crippen molar-refractivity contribution in [2.75, 3.05) is 13.1 Å². The minimum atomic E-state index is -0.720. The lowest BCUT2D eigenvalue weighted by atomic mass is 10.1. The summed E-state index contributed by atoms with van der Waals surface area (Å²) >= 11 is 0. The summed E-state index contributed by atoms with van der Waals surface area (Å²) in [6, 6.07) is 0. The molecule has 0 rings (SSSR count). The van der Waals surface area contributed by atoms with Crippen LogP contribution in [-0.4, -0.2) is 47.1 Å². The summed E-state index contributed by atoms with van der Waals surface area (Å²) in [4.78, 5) is 44.5. The lowest BCUT2D eigenvalue weighted by Gasteiger charge is -2.07. The van der Waals surface area contributed by atoms with Gasteiger partial charge in [-0.15, -0.1) is 0 Å². The van der Waals surface area contributed by atoms with Gasteiger partial charge in [-0.2, -0.15) is 0 Å². The molecule has 0 aromatic carbocycles. The van der Waals surface area contributed by atoms with Crippen molar-refractivity contribution in [3.05, 3.63) is 0 Å². The molecule has 0 spiro atoms. The SMILES string of the molecule is O=C(O)CCCCCCCCCCC(=O)NCCNC(=O)CCCCCCCCCCC(=O)O. The van der Waals surface area contributed by atoms with Gasteiger partial charge in [-0.05, 0) is 25.7 Å². The Morgan fingerprint density at radius 3 is 0.882 bits per heavy atom. The molecule has 2 amide bonds. The van der Waals surface area contributed by atoms with Crippen LogP contribution in [0.2, 0.25) is 0 Å². The molecule has 0 heterocycles. The Morgan fingerprint density at radius 2 is 0.618 bits per heavy atom. The maximum absolute atomic E-state index is 11.8. The average Bonchev–Trinajstić information content (AvgIpc) is 2.78. The third kappa shape index (κ3) is 26.1. The number of carboxylic acids is 2. The summed E-state index contributed by atoms with van der Waals surface area (Å²) < 4.78 is 0. The van der Waals surface area contributed by atoms with Crippen LogP contribution in [0.4, 0.5) is 0 Å². The highest BCUT2D eigenvalue weighted by Gasteiger charge is 2.03.